The Morgan fingerprint density at radius 1 is 1.14 bits per heavy atom. The summed E-state index contributed by atoms with van der Waals surface area (Å²) in [6.45, 7) is 8.34. The number of ether oxygens (including phenoxy) is 1. The smallest absolute Gasteiger partial charge is 0.238 e. The van der Waals surface area contributed by atoms with E-state index in [4.69, 9.17) is 4.74 Å². The number of rotatable bonds is 13. The number of guanidine groups is 1. The van der Waals surface area contributed by atoms with Crippen LogP contribution in [0.5, 0.6) is 0 Å². The van der Waals surface area contributed by atoms with Crippen LogP contribution in [-0.4, -0.2) is 63.7 Å². The third kappa shape index (κ3) is 11.6. The Kier molecular flexibility index (Phi) is 12.7. The summed E-state index contributed by atoms with van der Waals surface area (Å²) in [4.78, 5) is 18.4. The third-order valence-electron chi connectivity index (χ3n) is 3.83. The fraction of sp³-hybridized carbons (Fsp3) is 0.619. The zero-order valence-electron chi connectivity index (χ0n) is 17.9. The number of nitrogens with zero attached hydrogens (tertiary/aromatic N) is 2. The highest BCUT2D eigenvalue weighted by molar-refractivity contribution is 5.92. The summed E-state index contributed by atoms with van der Waals surface area (Å²) in [5.41, 5.74) is 1.84. The molecule has 1 aromatic carbocycles. The number of unbranched alkanes of at least 4 members (excludes halogenated alkanes) is 1. The van der Waals surface area contributed by atoms with Gasteiger partial charge in [0.2, 0.25) is 5.91 Å². The molecule has 1 aromatic rings. The summed E-state index contributed by atoms with van der Waals surface area (Å²) < 4.78 is 5.58. The molecule has 7 heteroatoms. The van der Waals surface area contributed by atoms with Gasteiger partial charge in [-0.15, -0.1) is 0 Å². The molecule has 28 heavy (non-hydrogen) atoms. The van der Waals surface area contributed by atoms with Gasteiger partial charge in [-0.2, -0.15) is 0 Å². The van der Waals surface area contributed by atoms with E-state index in [1.165, 1.54) is 0 Å². The highest BCUT2D eigenvalue weighted by Gasteiger charge is 2.04. The molecule has 0 heterocycles. The molecule has 0 aliphatic carbocycles. The largest absolute Gasteiger partial charge is 0.381 e. The van der Waals surface area contributed by atoms with Gasteiger partial charge in [-0.25, -0.2) is 4.99 Å². The molecular weight excluding hydrogens is 354 g/mol. The van der Waals surface area contributed by atoms with Crippen molar-refractivity contribution in [2.45, 2.75) is 39.7 Å². The summed E-state index contributed by atoms with van der Waals surface area (Å²) in [6, 6.07) is 7.80. The number of carbonyl (C=O) groups is 1. The van der Waals surface area contributed by atoms with Gasteiger partial charge in [-0.1, -0.05) is 25.5 Å². The normalized spacial score (nSPS) is 11.5. The van der Waals surface area contributed by atoms with E-state index in [0.717, 1.165) is 62.8 Å². The van der Waals surface area contributed by atoms with Gasteiger partial charge in [0.05, 0.1) is 13.1 Å². The second-order valence-electron chi connectivity index (χ2n) is 6.93. The van der Waals surface area contributed by atoms with Crippen molar-refractivity contribution in [3.8, 4) is 0 Å². The van der Waals surface area contributed by atoms with Crippen LogP contribution in [0.3, 0.4) is 0 Å². The average Bonchev–Trinajstić information content (AvgIpc) is 2.65. The van der Waals surface area contributed by atoms with E-state index in [1.807, 2.05) is 50.2 Å². The van der Waals surface area contributed by atoms with E-state index in [1.54, 1.807) is 0 Å². The maximum absolute atomic E-state index is 11.9. The van der Waals surface area contributed by atoms with E-state index in [9.17, 15) is 4.79 Å². The summed E-state index contributed by atoms with van der Waals surface area (Å²) in [5, 5.41) is 9.50. The second-order valence-corrected chi connectivity index (χ2v) is 6.93. The molecule has 0 aromatic heterocycles. The molecule has 3 N–H and O–H groups in total. The third-order valence-corrected chi connectivity index (χ3v) is 3.83. The van der Waals surface area contributed by atoms with Crippen LogP contribution in [0.4, 0.5) is 5.69 Å². The SMILES string of the molecule is CCCCOCCCNC(=NCc1cccc(NC(=O)CN(C)C)c1)NCC. The highest BCUT2D eigenvalue weighted by atomic mass is 16.5. The zero-order valence-corrected chi connectivity index (χ0v) is 17.9. The van der Waals surface area contributed by atoms with E-state index in [0.29, 0.717) is 13.1 Å². The van der Waals surface area contributed by atoms with Gasteiger partial charge in [0.1, 0.15) is 0 Å². The van der Waals surface area contributed by atoms with Gasteiger partial charge in [0.25, 0.3) is 0 Å². The Bertz CT molecular complexity index is 590. The second kappa shape index (κ2) is 14.9. The predicted octanol–water partition coefficient (Wildman–Crippen LogP) is 2.45. The van der Waals surface area contributed by atoms with Gasteiger partial charge in [0, 0.05) is 32.0 Å². The molecule has 158 valence electrons. The van der Waals surface area contributed by atoms with Crippen LogP contribution in [0.15, 0.2) is 29.3 Å². The van der Waals surface area contributed by atoms with Gasteiger partial charge in [-0.05, 0) is 51.6 Å². The van der Waals surface area contributed by atoms with Crippen molar-refractivity contribution >= 4 is 17.6 Å². The molecule has 0 atom stereocenters. The van der Waals surface area contributed by atoms with Crippen molar-refractivity contribution in [1.82, 2.24) is 15.5 Å². The quantitative estimate of drug-likeness (QED) is 0.273. The maximum atomic E-state index is 11.9. The first-order valence-electron chi connectivity index (χ1n) is 10.2. The zero-order chi connectivity index (χ0) is 20.6. The topological polar surface area (TPSA) is 78.0 Å². The van der Waals surface area contributed by atoms with Gasteiger partial charge in [-0.3, -0.25) is 4.79 Å². The first-order valence-corrected chi connectivity index (χ1v) is 10.2. The molecule has 1 amide bonds. The molecule has 0 spiro atoms. The number of amides is 1. The Hall–Kier alpha value is -2.12. The van der Waals surface area contributed by atoms with Crippen molar-refractivity contribution < 1.29 is 9.53 Å². The molecule has 0 saturated heterocycles. The molecule has 7 nitrogen and oxygen atoms in total. The minimum atomic E-state index is -0.0261. The minimum Gasteiger partial charge on any atom is -0.381 e. The molecule has 0 aliphatic heterocycles. The Morgan fingerprint density at radius 3 is 2.64 bits per heavy atom. The highest BCUT2D eigenvalue weighted by Crippen LogP contribution is 2.11. The molecule has 0 fully saturated rings. The molecule has 0 bridgehead atoms. The molecule has 0 radical (unpaired) electrons. The number of carbonyl (C=O) groups excluding carboxylic acids is 1. The van der Waals surface area contributed by atoms with E-state index < -0.39 is 0 Å². The number of benzene rings is 1. The van der Waals surface area contributed by atoms with Crippen LogP contribution in [0.2, 0.25) is 0 Å². The lowest BCUT2D eigenvalue weighted by Gasteiger charge is -2.12. The minimum absolute atomic E-state index is 0.0261. The number of aliphatic imine (C=N–C) groups is 1. The number of hydrogen-bond acceptors (Lipinski definition) is 4. The Morgan fingerprint density at radius 2 is 1.93 bits per heavy atom. The number of likely N-dealkylation sites (N-methyl/N-ethyl adjacent to an activating group) is 1. The van der Waals surface area contributed by atoms with Crippen LogP contribution >= 0.6 is 0 Å². The van der Waals surface area contributed by atoms with Crippen LogP contribution in [0.25, 0.3) is 0 Å². The average molecular weight is 392 g/mol. The summed E-state index contributed by atoms with van der Waals surface area (Å²) in [7, 11) is 3.74. The number of hydrogen-bond donors (Lipinski definition) is 3. The molecule has 0 unspecified atom stereocenters. The summed E-state index contributed by atoms with van der Waals surface area (Å²) in [5.74, 6) is 0.764. The number of nitrogens with one attached hydrogen (secondary N) is 3. The van der Waals surface area contributed by atoms with Gasteiger partial charge < -0.3 is 25.6 Å². The van der Waals surface area contributed by atoms with Crippen LogP contribution in [0, 0.1) is 0 Å². The Labute approximate surface area is 169 Å². The van der Waals surface area contributed by atoms with E-state index >= 15 is 0 Å². The van der Waals surface area contributed by atoms with Gasteiger partial charge in [0.15, 0.2) is 5.96 Å². The summed E-state index contributed by atoms with van der Waals surface area (Å²) >= 11 is 0. The van der Waals surface area contributed by atoms with Crippen molar-refractivity contribution in [1.29, 1.82) is 0 Å². The molecule has 0 aliphatic rings. The van der Waals surface area contributed by atoms with Crippen molar-refractivity contribution in [3.05, 3.63) is 29.8 Å². The number of anilines is 1. The lowest BCUT2D eigenvalue weighted by atomic mass is 10.2. The monoisotopic (exact) mass is 391 g/mol. The summed E-state index contributed by atoms with van der Waals surface area (Å²) in [6.07, 6.45) is 3.23. The first-order chi connectivity index (χ1) is 13.5. The standard InChI is InChI=1S/C21H37N5O2/c1-5-7-13-28-14-9-12-23-21(22-6-2)24-16-18-10-8-11-19(15-18)25-20(27)17-26(3)4/h8,10-11,15H,5-7,9,12-14,16-17H2,1-4H3,(H,25,27)(H2,22,23,24). The first kappa shape index (κ1) is 23.9. The lowest BCUT2D eigenvalue weighted by molar-refractivity contribution is -0.116. The maximum Gasteiger partial charge on any atom is 0.238 e. The van der Waals surface area contributed by atoms with Crippen LogP contribution < -0.4 is 16.0 Å². The predicted molar refractivity (Wildman–Crippen MR) is 117 cm³/mol. The Balaban J connectivity index is 2.48. The van der Waals surface area contributed by atoms with Crippen LogP contribution in [0.1, 0.15) is 38.7 Å². The van der Waals surface area contributed by atoms with E-state index in [-0.39, 0.29) is 5.91 Å². The van der Waals surface area contributed by atoms with Crippen molar-refractivity contribution in [2.75, 3.05) is 52.3 Å². The van der Waals surface area contributed by atoms with Gasteiger partial charge >= 0.3 is 0 Å². The fourth-order valence-electron chi connectivity index (χ4n) is 2.48. The molecule has 0 saturated carbocycles. The van der Waals surface area contributed by atoms with E-state index in [2.05, 4.69) is 27.9 Å². The fourth-order valence-corrected chi connectivity index (χ4v) is 2.48. The lowest BCUT2D eigenvalue weighted by Crippen LogP contribution is -2.38. The van der Waals surface area contributed by atoms with Crippen molar-refractivity contribution in [2.24, 2.45) is 4.99 Å². The van der Waals surface area contributed by atoms with Crippen LogP contribution in [-0.2, 0) is 16.1 Å². The van der Waals surface area contributed by atoms with Crippen molar-refractivity contribution in [3.63, 3.8) is 0 Å². The molecule has 1 rings (SSSR count). The molecular formula is C21H37N5O2.